The van der Waals surface area contributed by atoms with Gasteiger partial charge in [-0.2, -0.15) is 5.10 Å². The number of aromatic nitrogens is 3. The molecule has 4 nitrogen and oxygen atoms in total. The molecule has 1 heterocycles. The maximum Gasteiger partial charge on any atom is 0.190 e. The molecule has 1 unspecified atom stereocenters. The van der Waals surface area contributed by atoms with Gasteiger partial charge in [-0.25, -0.2) is 9.67 Å². The van der Waals surface area contributed by atoms with E-state index in [1.165, 1.54) is 16.0 Å². The lowest BCUT2D eigenvalue weighted by Gasteiger charge is -2.09. The first kappa shape index (κ1) is 13.1. The standard InChI is InChI=1S/C13H18N4S/c1-9-6-11(7-10(2)14)4-5-12(9)18-13-15-8-16-17(13)3/h4-6,8,10H,7,14H2,1-3H3. The SMILES string of the molecule is Cc1cc(CC(C)N)ccc1Sc1ncnn1C. The Morgan fingerprint density at radius 2 is 2.22 bits per heavy atom. The van der Waals surface area contributed by atoms with Gasteiger partial charge in [0.25, 0.3) is 0 Å². The van der Waals surface area contributed by atoms with Crippen molar-refractivity contribution in [1.29, 1.82) is 0 Å². The second-order valence-electron chi connectivity index (χ2n) is 4.55. The maximum absolute atomic E-state index is 5.82. The molecule has 18 heavy (non-hydrogen) atoms. The molecule has 0 radical (unpaired) electrons. The van der Waals surface area contributed by atoms with E-state index in [0.29, 0.717) is 0 Å². The lowest BCUT2D eigenvalue weighted by Crippen LogP contribution is -2.17. The highest BCUT2D eigenvalue weighted by Crippen LogP contribution is 2.28. The van der Waals surface area contributed by atoms with Gasteiger partial charge in [-0.3, -0.25) is 0 Å². The van der Waals surface area contributed by atoms with E-state index in [-0.39, 0.29) is 6.04 Å². The first-order valence-electron chi connectivity index (χ1n) is 5.93. The van der Waals surface area contributed by atoms with Crippen LogP contribution in [0.15, 0.2) is 34.6 Å². The number of hydrogen-bond donors (Lipinski definition) is 1. The van der Waals surface area contributed by atoms with E-state index in [9.17, 15) is 0 Å². The summed E-state index contributed by atoms with van der Waals surface area (Å²) < 4.78 is 1.78. The van der Waals surface area contributed by atoms with Crippen LogP contribution in [0.3, 0.4) is 0 Å². The molecule has 0 saturated heterocycles. The van der Waals surface area contributed by atoms with Crippen molar-refractivity contribution in [2.45, 2.75) is 36.4 Å². The van der Waals surface area contributed by atoms with Gasteiger partial charge in [0, 0.05) is 18.0 Å². The van der Waals surface area contributed by atoms with E-state index in [4.69, 9.17) is 5.73 Å². The van der Waals surface area contributed by atoms with E-state index in [0.717, 1.165) is 11.6 Å². The van der Waals surface area contributed by atoms with Gasteiger partial charge in [0.2, 0.25) is 0 Å². The molecule has 0 fully saturated rings. The molecule has 1 atom stereocenters. The van der Waals surface area contributed by atoms with Gasteiger partial charge in [-0.05, 0) is 49.2 Å². The van der Waals surface area contributed by atoms with Gasteiger partial charge in [0.15, 0.2) is 5.16 Å². The Hall–Kier alpha value is -1.33. The monoisotopic (exact) mass is 262 g/mol. The Bertz CT molecular complexity index is 534. The van der Waals surface area contributed by atoms with Crippen molar-refractivity contribution >= 4 is 11.8 Å². The van der Waals surface area contributed by atoms with Crippen LogP contribution in [-0.2, 0) is 13.5 Å². The van der Waals surface area contributed by atoms with Crippen molar-refractivity contribution in [3.63, 3.8) is 0 Å². The van der Waals surface area contributed by atoms with Crippen molar-refractivity contribution < 1.29 is 0 Å². The minimum Gasteiger partial charge on any atom is -0.328 e. The smallest absolute Gasteiger partial charge is 0.190 e. The number of nitrogens with two attached hydrogens (primary N) is 1. The number of benzene rings is 1. The molecular formula is C13H18N4S. The van der Waals surface area contributed by atoms with Crippen molar-refractivity contribution in [1.82, 2.24) is 14.8 Å². The minimum absolute atomic E-state index is 0.196. The Morgan fingerprint density at radius 1 is 1.44 bits per heavy atom. The summed E-state index contributed by atoms with van der Waals surface area (Å²) in [5, 5.41) is 4.97. The highest BCUT2D eigenvalue weighted by molar-refractivity contribution is 7.99. The lowest BCUT2D eigenvalue weighted by molar-refractivity contribution is 0.685. The Labute approximate surface area is 112 Å². The van der Waals surface area contributed by atoms with E-state index < -0.39 is 0 Å². The third-order valence-corrected chi connectivity index (χ3v) is 3.90. The van der Waals surface area contributed by atoms with Crippen molar-refractivity contribution in [2.75, 3.05) is 0 Å². The summed E-state index contributed by atoms with van der Waals surface area (Å²) >= 11 is 1.63. The highest BCUT2D eigenvalue weighted by Gasteiger charge is 2.07. The Morgan fingerprint density at radius 3 is 2.78 bits per heavy atom. The van der Waals surface area contributed by atoms with Crippen LogP contribution in [0.4, 0.5) is 0 Å². The fourth-order valence-corrected chi connectivity index (χ4v) is 2.63. The lowest BCUT2D eigenvalue weighted by atomic mass is 10.1. The third kappa shape index (κ3) is 3.11. The molecule has 96 valence electrons. The summed E-state index contributed by atoms with van der Waals surface area (Å²) in [6.07, 6.45) is 2.48. The van der Waals surface area contributed by atoms with Crippen LogP contribution in [0.1, 0.15) is 18.1 Å². The number of aryl methyl sites for hydroxylation is 2. The molecule has 0 spiro atoms. The van der Waals surface area contributed by atoms with Crippen LogP contribution in [0, 0.1) is 6.92 Å². The molecule has 1 aromatic carbocycles. The topological polar surface area (TPSA) is 56.7 Å². The zero-order valence-corrected chi connectivity index (χ0v) is 11.7. The van der Waals surface area contributed by atoms with E-state index in [1.807, 2.05) is 14.0 Å². The van der Waals surface area contributed by atoms with Crippen LogP contribution >= 0.6 is 11.8 Å². The molecule has 1 aromatic heterocycles. The van der Waals surface area contributed by atoms with Gasteiger partial charge in [-0.15, -0.1) is 0 Å². The second kappa shape index (κ2) is 5.54. The zero-order valence-electron chi connectivity index (χ0n) is 10.9. The third-order valence-electron chi connectivity index (χ3n) is 2.67. The average Bonchev–Trinajstić information content (AvgIpc) is 2.67. The molecule has 0 bridgehead atoms. The minimum atomic E-state index is 0.196. The number of rotatable bonds is 4. The first-order chi connectivity index (χ1) is 8.56. The summed E-state index contributed by atoms with van der Waals surface area (Å²) in [4.78, 5) is 5.43. The summed E-state index contributed by atoms with van der Waals surface area (Å²) in [6.45, 7) is 4.14. The van der Waals surface area contributed by atoms with Crippen LogP contribution < -0.4 is 5.73 Å². The average molecular weight is 262 g/mol. The number of hydrogen-bond acceptors (Lipinski definition) is 4. The summed E-state index contributed by atoms with van der Waals surface area (Å²) in [7, 11) is 1.90. The summed E-state index contributed by atoms with van der Waals surface area (Å²) in [5.74, 6) is 0. The largest absolute Gasteiger partial charge is 0.328 e. The van der Waals surface area contributed by atoms with Gasteiger partial charge in [0.1, 0.15) is 6.33 Å². The van der Waals surface area contributed by atoms with E-state index in [1.54, 1.807) is 22.8 Å². The molecule has 2 rings (SSSR count). The molecule has 5 heteroatoms. The Balaban J connectivity index is 2.17. The fourth-order valence-electron chi connectivity index (χ4n) is 1.80. The van der Waals surface area contributed by atoms with Crippen LogP contribution in [0.5, 0.6) is 0 Å². The first-order valence-corrected chi connectivity index (χ1v) is 6.75. The maximum atomic E-state index is 5.82. The molecular weight excluding hydrogens is 244 g/mol. The Kier molecular flexibility index (Phi) is 4.04. The molecule has 0 saturated carbocycles. The molecule has 0 aliphatic carbocycles. The van der Waals surface area contributed by atoms with Gasteiger partial charge in [0.05, 0.1) is 0 Å². The molecule has 2 N–H and O–H groups in total. The van der Waals surface area contributed by atoms with E-state index >= 15 is 0 Å². The van der Waals surface area contributed by atoms with Gasteiger partial charge >= 0.3 is 0 Å². The molecule has 0 aliphatic rings. The highest BCUT2D eigenvalue weighted by atomic mass is 32.2. The van der Waals surface area contributed by atoms with Crippen LogP contribution in [0.2, 0.25) is 0 Å². The van der Waals surface area contributed by atoms with Crippen LogP contribution in [-0.4, -0.2) is 20.8 Å². The molecule has 0 aliphatic heterocycles. The fraction of sp³-hybridized carbons (Fsp3) is 0.385. The van der Waals surface area contributed by atoms with Crippen LogP contribution in [0.25, 0.3) is 0 Å². The van der Waals surface area contributed by atoms with E-state index in [2.05, 4.69) is 35.2 Å². The normalized spacial score (nSPS) is 12.7. The molecule has 0 amide bonds. The second-order valence-corrected chi connectivity index (χ2v) is 5.56. The number of nitrogens with zero attached hydrogens (tertiary/aromatic N) is 3. The van der Waals surface area contributed by atoms with Crippen molar-refractivity contribution in [3.8, 4) is 0 Å². The summed E-state index contributed by atoms with van der Waals surface area (Å²) in [5.41, 5.74) is 8.35. The van der Waals surface area contributed by atoms with Gasteiger partial charge < -0.3 is 5.73 Å². The predicted octanol–water partition coefficient (Wildman–Crippen LogP) is 2.16. The molecule has 2 aromatic rings. The predicted molar refractivity (Wildman–Crippen MR) is 73.7 cm³/mol. The summed E-state index contributed by atoms with van der Waals surface area (Å²) in [6, 6.07) is 6.66. The zero-order chi connectivity index (χ0) is 13.1. The van der Waals surface area contributed by atoms with Crippen molar-refractivity contribution in [3.05, 3.63) is 35.7 Å². The quantitative estimate of drug-likeness (QED) is 0.917. The van der Waals surface area contributed by atoms with Gasteiger partial charge in [-0.1, -0.05) is 12.1 Å². The van der Waals surface area contributed by atoms with Crippen molar-refractivity contribution in [2.24, 2.45) is 12.8 Å².